The van der Waals surface area contributed by atoms with Crippen molar-refractivity contribution in [3.63, 3.8) is 0 Å². The predicted octanol–water partition coefficient (Wildman–Crippen LogP) is 4.18. The molecule has 2 aromatic rings. The number of rotatable bonds is 4. The van der Waals surface area contributed by atoms with E-state index in [4.69, 9.17) is 5.11 Å². The van der Waals surface area contributed by atoms with Gasteiger partial charge in [0.25, 0.3) is 0 Å². The maximum absolute atomic E-state index is 8.88. The molecule has 2 rings (SSSR count). The quantitative estimate of drug-likeness (QED) is 0.763. The molecule has 0 spiro atoms. The molecule has 0 saturated heterocycles. The van der Waals surface area contributed by atoms with E-state index in [9.17, 15) is 0 Å². The lowest BCUT2D eigenvalue weighted by Crippen LogP contribution is -1.94. The molecule has 1 N–H and O–H groups in total. The van der Waals surface area contributed by atoms with Crippen molar-refractivity contribution >= 4 is 57.2 Å². The normalized spacial score (nSPS) is 11.2. The van der Waals surface area contributed by atoms with E-state index in [0.29, 0.717) is 0 Å². The van der Waals surface area contributed by atoms with Gasteiger partial charge in [-0.3, -0.25) is 3.97 Å². The van der Waals surface area contributed by atoms with Gasteiger partial charge in [-0.05, 0) is 37.1 Å². The number of aliphatic hydroxyl groups is 1. The molecule has 1 aromatic heterocycles. The van der Waals surface area contributed by atoms with Crippen LogP contribution in [0.25, 0.3) is 10.9 Å². The van der Waals surface area contributed by atoms with Crippen molar-refractivity contribution in [1.82, 2.24) is 3.97 Å². The Kier molecular flexibility index (Phi) is 4.57. The fourth-order valence-electron chi connectivity index (χ4n) is 1.73. The molecular weight excluding hydrogens is 401 g/mol. The Morgan fingerprint density at radius 3 is 2.88 bits per heavy atom. The Morgan fingerprint density at radius 2 is 2.19 bits per heavy atom. The molecule has 5 heteroatoms. The molecule has 0 aliphatic carbocycles. The van der Waals surface area contributed by atoms with E-state index in [0.717, 1.165) is 17.3 Å². The summed E-state index contributed by atoms with van der Waals surface area (Å²) in [6, 6.07) is 8.50. The van der Waals surface area contributed by atoms with Crippen molar-refractivity contribution < 1.29 is 5.11 Å². The van der Waals surface area contributed by atoms with Crippen LogP contribution in [0.2, 0.25) is 0 Å². The monoisotopic (exact) mass is 411 g/mol. The summed E-state index contributed by atoms with van der Waals surface area (Å²) in [6.45, 7) is 0.247. The van der Waals surface area contributed by atoms with Gasteiger partial charge in [-0.2, -0.15) is 0 Å². The van der Waals surface area contributed by atoms with Crippen LogP contribution in [0, 0.1) is 0 Å². The molecule has 0 aliphatic heterocycles. The molecular formula is C11H11BrINOS. The first-order chi connectivity index (χ1) is 7.76. The lowest BCUT2D eigenvalue weighted by Gasteiger charge is -2.04. The number of aromatic nitrogens is 1. The number of aliphatic hydroxyl groups excluding tert-OH is 1. The summed E-state index contributed by atoms with van der Waals surface area (Å²) in [5.41, 5.74) is 2.50. The van der Waals surface area contributed by atoms with Crippen molar-refractivity contribution in [2.75, 3.05) is 6.61 Å². The average molecular weight is 412 g/mol. The molecule has 0 bridgehead atoms. The molecule has 0 saturated carbocycles. The molecule has 1 heterocycles. The molecule has 86 valence electrons. The zero-order valence-corrected chi connectivity index (χ0v) is 13.0. The highest BCUT2D eigenvalue weighted by Gasteiger charge is 2.08. The van der Waals surface area contributed by atoms with Gasteiger partial charge in [0.15, 0.2) is 0 Å². The first kappa shape index (κ1) is 12.7. The largest absolute Gasteiger partial charge is 0.396 e. The molecule has 1 aromatic carbocycles. The Labute approximate surface area is 119 Å². The summed E-state index contributed by atoms with van der Waals surface area (Å²) >= 11 is 5.77. The molecule has 0 atom stereocenters. The summed E-state index contributed by atoms with van der Waals surface area (Å²) in [7, 11) is 1.68. The maximum Gasteiger partial charge on any atom is 0.0602 e. The van der Waals surface area contributed by atoms with Crippen LogP contribution in [-0.4, -0.2) is 15.7 Å². The van der Waals surface area contributed by atoms with Crippen molar-refractivity contribution in [3.05, 3.63) is 34.4 Å². The van der Waals surface area contributed by atoms with Crippen molar-refractivity contribution in [2.45, 2.75) is 12.8 Å². The number of hydrogen-bond acceptors (Lipinski definition) is 2. The first-order valence-electron chi connectivity index (χ1n) is 4.96. The van der Waals surface area contributed by atoms with Crippen molar-refractivity contribution in [3.8, 4) is 0 Å². The zero-order valence-electron chi connectivity index (χ0n) is 8.49. The van der Waals surface area contributed by atoms with E-state index >= 15 is 0 Å². The molecule has 2 nitrogen and oxygen atoms in total. The number of fused-ring (bicyclic) bond motifs is 1. The Morgan fingerprint density at radius 1 is 1.38 bits per heavy atom. The molecule has 0 radical (unpaired) electrons. The minimum Gasteiger partial charge on any atom is -0.396 e. The summed E-state index contributed by atoms with van der Waals surface area (Å²) in [5, 5.41) is 10.1. The van der Waals surface area contributed by atoms with E-state index < -0.39 is 0 Å². The maximum atomic E-state index is 8.88. The van der Waals surface area contributed by atoms with E-state index in [-0.39, 0.29) is 6.61 Å². The highest BCUT2D eigenvalue weighted by Crippen LogP contribution is 2.30. The third-order valence-electron chi connectivity index (χ3n) is 2.45. The third kappa shape index (κ3) is 2.57. The zero-order chi connectivity index (χ0) is 11.5. The van der Waals surface area contributed by atoms with Gasteiger partial charge in [-0.15, -0.1) is 0 Å². The van der Waals surface area contributed by atoms with Gasteiger partial charge in [0.1, 0.15) is 0 Å². The minimum atomic E-state index is 0.247. The topological polar surface area (TPSA) is 25.2 Å². The van der Waals surface area contributed by atoms with Crippen LogP contribution < -0.4 is 0 Å². The van der Waals surface area contributed by atoms with E-state index in [2.05, 4.69) is 65.4 Å². The summed E-state index contributed by atoms with van der Waals surface area (Å²) in [4.78, 5) is 0. The minimum absolute atomic E-state index is 0.247. The standard InChI is InChI=1S/C11H11BrINOS/c12-9-3-4-11-8(6-9)7-10(2-1-5-15)14(11)16-13/h3-4,6-7,15H,1-2,5H2. The fourth-order valence-corrected chi connectivity index (χ4v) is 3.98. The SMILES string of the molecule is OCCCc1cc2cc(Br)ccc2n1SI. The van der Waals surface area contributed by atoms with E-state index in [1.807, 2.05) is 0 Å². The lowest BCUT2D eigenvalue weighted by molar-refractivity contribution is 0.288. The fraction of sp³-hybridized carbons (Fsp3) is 0.273. The summed E-state index contributed by atoms with van der Waals surface area (Å²) < 4.78 is 3.32. The van der Waals surface area contributed by atoms with E-state index in [1.165, 1.54) is 16.6 Å². The van der Waals surface area contributed by atoms with Gasteiger partial charge >= 0.3 is 0 Å². The second kappa shape index (κ2) is 5.75. The Balaban J connectivity index is 2.48. The lowest BCUT2D eigenvalue weighted by atomic mass is 10.2. The van der Waals surface area contributed by atoms with Gasteiger partial charge in [0, 0.05) is 52.5 Å². The van der Waals surface area contributed by atoms with Gasteiger partial charge in [0.2, 0.25) is 0 Å². The molecule has 0 unspecified atom stereocenters. The molecule has 16 heavy (non-hydrogen) atoms. The van der Waals surface area contributed by atoms with Gasteiger partial charge < -0.3 is 5.11 Å². The van der Waals surface area contributed by atoms with Crippen LogP contribution in [0.4, 0.5) is 0 Å². The molecule has 0 fully saturated rings. The van der Waals surface area contributed by atoms with Crippen LogP contribution >= 0.6 is 46.3 Å². The molecule has 0 amide bonds. The van der Waals surface area contributed by atoms with Crippen molar-refractivity contribution in [1.29, 1.82) is 0 Å². The number of aryl methyl sites for hydroxylation is 1. The van der Waals surface area contributed by atoms with Gasteiger partial charge in [0.05, 0.1) is 5.52 Å². The molecule has 0 aliphatic rings. The Bertz CT molecular complexity index is 500. The van der Waals surface area contributed by atoms with Crippen LogP contribution in [0.5, 0.6) is 0 Å². The van der Waals surface area contributed by atoms with Gasteiger partial charge in [-0.25, -0.2) is 0 Å². The van der Waals surface area contributed by atoms with Crippen LogP contribution in [0.15, 0.2) is 28.7 Å². The smallest absolute Gasteiger partial charge is 0.0602 e. The number of benzene rings is 1. The summed E-state index contributed by atoms with van der Waals surface area (Å²) in [6.07, 6.45) is 1.73. The summed E-state index contributed by atoms with van der Waals surface area (Å²) in [5.74, 6) is 0. The highest BCUT2D eigenvalue weighted by molar-refractivity contribution is 14.2. The average Bonchev–Trinajstić information content (AvgIpc) is 2.62. The van der Waals surface area contributed by atoms with Crippen LogP contribution in [-0.2, 0) is 6.42 Å². The van der Waals surface area contributed by atoms with Crippen LogP contribution in [0.3, 0.4) is 0 Å². The number of nitrogens with zero attached hydrogens (tertiary/aromatic N) is 1. The third-order valence-corrected chi connectivity index (χ3v) is 4.70. The number of halogens is 2. The number of hydrogen-bond donors (Lipinski definition) is 1. The van der Waals surface area contributed by atoms with Crippen molar-refractivity contribution in [2.24, 2.45) is 0 Å². The predicted molar refractivity (Wildman–Crippen MR) is 82.1 cm³/mol. The Hall–Kier alpha value is 0.280. The second-order valence-corrected chi connectivity index (χ2v) is 6.13. The second-order valence-electron chi connectivity index (χ2n) is 3.53. The van der Waals surface area contributed by atoms with Gasteiger partial charge in [-0.1, -0.05) is 15.9 Å². The van der Waals surface area contributed by atoms with Crippen LogP contribution in [0.1, 0.15) is 12.1 Å². The van der Waals surface area contributed by atoms with E-state index in [1.54, 1.807) is 9.12 Å². The first-order valence-corrected chi connectivity index (χ1v) is 9.07. The highest BCUT2D eigenvalue weighted by atomic mass is 127.